The maximum atomic E-state index is 11.9. The number of hydrogen-bond donors (Lipinski definition) is 2. The molecule has 0 radical (unpaired) electrons. The van der Waals surface area contributed by atoms with Gasteiger partial charge in [-0.1, -0.05) is 13.8 Å². The van der Waals surface area contributed by atoms with E-state index in [1.165, 1.54) is 12.8 Å². The Labute approximate surface area is 107 Å². The summed E-state index contributed by atoms with van der Waals surface area (Å²) in [5.74, 6) is -0.112. The molecule has 1 saturated carbocycles. The van der Waals surface area contributed by atoms with Crippen LogP contribution in [0.4, 0.5) is 0 Å². The second kappa shape index (κ2) is 4.71. The van der Waals surface area contributed by atoms with E-state index in [0.29, 0.717) is 25.2 Å². The molecule has 5 nitrogen and oxygen atoms in total. The third-order valence-corrected chi connectivity index (χ3v) is 3.87. The third kappa shape index (κ3) is 3.09. The van der Waals surface area contributed by atoms with Crippen LogP contribution in [-0.4, -0.2) is 23.8 Å². The van der Waals surface area contributed by atoms with Crippen LogP contribution in [0.5, 0.6) is 0 Å². The zero-order valence-electron chi connectivity index (χ0n) is 10.9. The molecular weight excluding hydrogens is 232 g/mol. The zero-order chi connectivity index (χ0) is 13.3. The van der Waals surface area contributed by atoms with Gasteiger partial charge in [0.1, 0.15) is 6.04 Å². The van der Waals surface area contributed by atoms with E-state index in [2.05, 4.69) is 24.5 Å². The molecule has 0 spiro atoms. The van der Waals surface area contributed by atoms with E-state index >= 15 is 0 Å². The van der Waals surface area contributed by atoms with Crippen molar-refractivity contribution in [3.05, 3.63) is 0 Å². The van der Waals surface area contributed by atoms with Crippen LogP contribution in [0.25, 0.3) is 0 Å². The molecule has 0 aromatic rings. The first-order valence-corrected chi connectivity index (χ1v) is 6.51. The summed E-state index contributed by atoms with van der Waals surface area (Å²) in [5, 5.41) is 4.96. The highest BCUT2D eigenvalue weighted by molar-refractivity contribution is 6.01. The third-order valence-electron chi connectivity index (χ3n) is 3.87. The molecular formula is C13H20N2O3. The second-order valence-corrected chi connectivity index (χ2v) is 6.01. The molecule has 18 heavy (non-hydrogen) atoms. The van der Waals surface area contributed by atoms with Crippen LogP contribution in [0.2, 0.25) is 0 Å². The molecule has 0 bridgehead atoms. The SMILES string of the molecule is CC(C)(CC(=O)NC1CCC(=O)NC1=O)C1CC1. The van der Waals surface area contributed by atoms with Crippen LogP contribution in [0.3, 0.4) is 0 Å². The Morgan fingerprint density at radius 3 is 2.56 bits per heavy atom. The number of imide groups is 1. The largest absolute Gasteiger partial charge is 0.344 e. The molecule has 1 unspecified atom stereocenters. The molecule has 5 heteroatoms. The molecule has 2 fully saturated rings. The van der Waals surface area contributed by atoms with Gasteiger partial charge >= 0.3 is 0 Å². The molecule has 100 valence electrons. The Bertz CT molecular complexity index is 386. The van der Waals surface area contributed by atoms with Gasteiger partial charge in [0.05, 0.1) is 0 Å². The molecule has 1 saturated heterocycles. The standard InChI is InChI=1S/C13H20N2O3/c1-13(2,8-3-4-8)7-11(17)14-9-5-6-10(16)15-12(9)18/h8-9H,3-7H2,1-2H3,(H,14,17)(H,15,16,18). The van der Waals surface area contributed by atoms with E-state index in [-0.39, 0.29) is 23.1 Å². The molecule has 1 aliphatic heterocycles. The minimum absolute atomic E-state index is 0.00501. The lowest BCUT2D eigenvalue weighted by Gasteiger charge is -2.26. The zero-order valence-corrected chi connectivity index (χ0v) is 10.9. The van der Waals surface area contributed by atoms with Gasteiger partial charge in [0.15, 0.2) is 0 Å². The average molecular weight is 252 g/mol. The van der Waals surface area contributed by atoms with E-state index in [1.54, 1.807) is 0 Å². The Balaban J connectivity index is 1.83. The van der Waals surface area contributed by atoms with Crippen molar-refractivity contribution in [1.82, 2.24) is 10.6 Å². The predicted octanol–water partition coefficient (Wildman–Crippen LogP) is 0.734. The van der Waals surface area contributed by atoms with Crippen LogP contribution in [0.1, 0.15) is 46.0 Å². The van der Waals surface area contributed by atoms with Crippen LogP contribution in [0, 0.1) is 11.3 Å². The van der Waals surface area contributed by atoms with E-state index in [1.807, 2.05) is 0 Å². The highest BCUT2D eigenvalue weighted by atomic mass is 16.2. The van der Waals surface area contributed by atoms with E-state index in [4.69, 9.17) is 0 Å². The lowest BCUT2D eigenvalue weighted by atomic mass is 9.83. The number of carbonyl (C=O) groups excluding carboxylic acids is 3. The van der Waals surface area contributed by atoms with Gasteiger partial charge in [0, 0.05) is 12.8 Å². The van der Waals surface area contributed by atoms with Crippen molar-refractivity contribution in [2.24, 2.45) is 11.3 Å². The maximum absolute atomic E-state index is 11.9. The summed E-state index contributed by atoms with van der Waals surface area (Å²) in [4.78, 5) is 34.4. The molecule has 2 rings (SSSR count). The fourth-order valence-electron chi connectivity index (χ4n) is 2.50. The molecule has 0 aromatic carbocycles. The van der Waals surface area contributed by atoms with Crippen molar-refractivity contribution < 1.29 is 14.4 Å². The maximum Gasteiger partial charge on any atom is 0.249 e. The number of hydrogen-bond acceptors (Lipinski definition) is 3. The number of piperidine rings is 1. The molecule has 1 aliphatic carbocycles. The van der Waals surface area contributed by atoms with Gasteiger partial charge in [0.25, 0.3) is 0 Å². The van der Waals surface area contributed by atoms with Gasteiger partial charge in [-0.25, -0.2) is 0 Å². The first kappa shape index (κ1) is 13.1. The lowest BCUT2D eigenvalue weighted by Crippen LogP contribution is -2.52. The van der Waals surface area contributed by atoms with Crippen LogP contribution in [-0.2, 0) is 14.4 Å². The number of nitrogens with one attached hydrogen (secondary N) is 2. The molecule has 1 heterocycles. The van der Waals surface area contributed by atoms with Gasteiger partial charge < -0.3 is 5.32 Å². The highest BCUT2D eigenvalue weighted by Gasteiger charge is 2.39. The van der Waals surface area contributed by atoms with Crippen molar-refractivity contribution in [1.29, 1.82) is 0 Å². The van der Waals surface area contributed by atoms with Crippen LogP contribution < -0.4 is 10.6 Å². The molecule has 3 amide bonds. The molecule has 2 N–H and O–H groups in total. The Kier molecular flexibility index (Phi) is 3.41. The monoisotopic (exact) mass is 252 g/mol. The summed E-state index contributed by atoms with van der Waals surface area (Å²) in [5.41, 5.74) is 0.00501. The summed E-state index contributed by atoms with van der Waals surface area (Å²) in [6, 6.07) is -0.551. The van der Waals surface area contributed by atoms with Gasteiger partial charge in [-0.05, 0) is 30.6 Å². The first-order chi connectivity index (χ1) is 8.38. The van der Waals surface area contributed by atoms with E-state index in [9.17, 15) is 14.4 Å². The Hall–Kier alpha value is -1.39. The fourth-order valence-corrected chi connectivity index (χ4v) is 2.50. The number of carbonyl (C=O) groups is 3. The van der Waals surface area contributed by atoms with Gasteiger partial charge in [-0.15, -0.1) is 0 Å². The number of rotatable bonds is 4. The van der Waals surface area contributed by atoms with E-state index in [0.717, 1.165) is 0 Å². The normalized spacial score (nSPS) is 24.7. The topological polar surface area (TPSA) is 75.3 Å². The van der Waals surface area contributed by atoms with Crippen LogP contribution in [0.15, 0.2) is 0 Å². The van der Waals surface area contributed by atoms with Crippen molar-refractivity contribution >= 4 is 17.7 Å². The van der Waals surface area contributed by atoms with Crippen molar-refractivity contribution in [2.75, 3.05) is 0 Å². The van der Waals surface area contributed by atoms with Gasteiger partial charge in [-0.2, -0.15) is 0 Å². The van der Waals surface area contributed by atoms with Crippen molar-refractivity contribution in [3.63, 3.8) is 0 Å². The summed E-state index contributed by atoms with van der Waals surface area (Å²) < 4.78 is 0. The summed E-state index contributed by atoms with van der Waals surface area (Å²) >= 11 is 0. The number of amides is 3. The minimum Gasteiger partial charge on any atom is -0.344 e. The fraction of sp³-hybridized carbons (Fsp3) is 0.769. The first-order valence-electron chi connectivity index (χ1n) is 6.51. The highest BCUT2D eigenvalue weighted by Crippen LogP contribution is 2.47. The van der Waals surface area contributed by atoms with Crippen LogP contribution >= 0.6 is 0 Å². The Morgan fingerprint density at radius 2 is 2.00 bits per heavy atom. The Morgan fingerprint density at radius 1 is 1.33 bits per heavy atom. The summed E-state index contributed by atoms with van der Waals surface area (Å²) in [7, 11) is 0. The summed E-state index contributed by atoms with van der Waals surface area (Å²) in [6.45, 7) is 4.18. The minimum atomic E-state index is -0.551. The average Bonchev–Trinajstić information content (AvgIpc) is 3.05. The smallest absolute Gasteiger partial charge is 0.249 e. The van der Waals surface area contributed by atoms with E-state index < -0.39 is 6.04 Å². The predicted molar refractivity (Wildman–Crippen MR) is 65.4 cm³/mol. The molecule has 0 aromatic heterocycles. The summed E-state index contributed by atoms with van der Waals surface area (Å²) in [6.07, 6.45) is 3.52. The molecule has 1 atom stereocenters. The second-order valence-electron chi connectivity index (χ2n) is 6.01. The van der Waals surface area contributed by atoms with Gasteiger partial charge in [-0.3, -0.25) is 19.7 Å². The quantitative estimate of drug-likeness (QED) is 0.724. The lowest BCUT2D eigenvalue weighted by molar-refractivity contribution is -0.137. The van der Waals surface area contributed by atoms with Crippen molar-refractivity contribution in [3.8, 4) is 0 Å². The van der Waals surface area contributed by atoms with Crippen molar-refractivity contribution in [2.45, 2.75) is 52.0 Å². The van der Waals surface area contributed by atoms with Gasteiger partial charge in [0.2, 0.25) is 17.7 Å². The molecule has 2 aliphatic rings.